The van der Waals surface area contributed by atoms with Crippen molar-refractivity contribution in [3.63, 3.8) is 0 Å². The summed E-state index contributed by atoms with van der Waals surface area (Å²) in [6.07, 6.45) is 1.40. The lowest BCUT2D eigenvalue weighted by Gasteiger charge is -2.16. The molecule has 0 aliphatic heterocycles. The first kappa shape index (κ1) is 14.7. The molecule has 0 fully saturated rings. The average Bonchev–Trinajstić information content (AvgIpc) is 2.39. The van der Waals surface area contributed by atoms with Gasteiger partial charge in [0.05, 0.1) is 0 Å². The number of nitrogens with two attached hydrogens (primary N) is 1. The summed E-state index contributed by atoms with van der Waals surface area (Å²) in [5, 5.41) is 0. The monoisotopic (exact) mass is 275 g/mol. The fourth-order valence-corrected chi connectivity index (χ4v) is 2.45. The van der Waals surface area contributed by atoms with Crippen LogP contribution in [-0.2, 0) is 12.8 Å². The molecule has 2 aromatic rings. The van der Waals surface area contributed by atoms with Crippen molar-refractivity contribution in [3.8, 4) is 0 Å². The third-order valence-corrected chi connectivity index (χ3v) is 3.55. The highest BCUT2D eigenvalue weighted by Gasteiger charge is 2.12. The fraction of sp³-hybridized carbons (Fsp3) is 0.294. The van der Waals surface area contributed by atoms with E-state index in [0.29, 0.717) is 18.5 Å². The van der Waals surface area contributed by atoms with Gasteiger partial charge in [-0.05, 0) is 61.1 Å². The van der Waals surface area contributed by atoms with E-state index in [0.717, 1.165) is 12.5 Å². The summed E-state index contributed by atoms with van der Waals surface area (Å²) in [5.41, 5.74) is 8.92. The Kier molecular flexibility index (Phi) is 4.85. The second-order valence-corrected chi connectivity index (χ2v) is 5.21. The Hall–Kier alpha value is -1.74. The third kappa shape index (κ3) is 3.87. The number of aryl methyl sites for hydroxylation is 1. The van der Waals surface area contributed by atoms with Gasteiger partial charge in [-0.1, -0.05) is 24.3 Å². The topological polar surface area (TPSA) is 26.0 Å². The Bertz CT molecular complexity index is 561. The molecule has 0 aliphatic rings. The molecule has 2 N–H and O–H groups in total. The maximum atomic E-state index is 13.2. The summed E-state index contributed by atoms with van der Waals surface area (Å²) in [6.45, 7) is 2.55. The van der Waals surface area contributed by atoms with Gasteiger partial charge in [0.2, 0.25) is 0 Å². The molecule has 106 valence electrons. The van der Waals surface area contributed by atoms with E-state index in [9.17, 15) is 8.78 Å². The molecule has 0 aromatic heterocycles. The summed E-state index contributed by atoms with van der Waals surface area (Å²) in [5.74, 6) is -0.893. The van der Waals surface area contributed by atoms with Crippen molar-refractivity contribution in [3.05, 3.63) is 70.8 Å². The fourth-order valence-electron chi connectivity index (χ4n) is 2.45. The van der Waals surface area contributed by atoms with Gasteiger partial charge in [-0.2, -0.15) is 0 Å². The Morgan fingerprint density at radius 3 is 2.25 bits per heavy atom. The predicted octanol–water partition coefficient (Wildman–Crippen LogP) is 3.63. The maximum Gasteiger partial charge on any atom is 0.126 e. The molecule has 1 atom stereocenters. The van der Waals surface area contributed by atoms with Gasteiger partial charge in [-0.15, -0.1) is 0 Å². The zero-order valence-electron chi connectivity index (χ0n) is 11.6. The van der Waals surface area contributed by atoms with Crippen molar-refractivity contribution in [1.82, 2.24) is 0 Å². The van der Waals surface area contributed by atoms with Gasteiger partial charge >= 0.3 is 0 Å². The highest BCUT2D eigenvalue weighted by atomic mass is 19.1. The van der Waals surface area contributed by atoms with Gasteiger partial charge in [-0.25, -0.2) is 8.78 Å². The minimum atomic E-state index is -0.535. The van der Waals surface area contributed by atoms with Crippen LogP contribution in [0.4, 0.5) is 8.78 Å². The van der Waals surface area contributed by atoms with Crippen molar-refractivity contribution in [1.29, 1.82) is 0 Å². The summed E-state index contributed by atoms with van der Waals surface area (Å²) >= 11 is 0. The molecule has 0 aliphatic carbocycles. The molecule has 3 heteroatoms. The molecule has 0 bridgehead atoms. The van der Waals surface area contributed by atoms with E-state index >= 15 is 0 Å². The van der Waals surface area contributed by atoms with Crippen molar-refractivity contribution < 1.29 is 8.78 Å². The van der Waals surface area contributed by atoms with Crippen LogP contribution in [0, 0.1) is 24.5 Å². The van der Waals surface area contributed by atoms with Gasteiger partial charge in [0.15, 0.2) is 0 Å². The number of hydrogen-bond acceptors (Lipinski definition) is 1. The van der Waals surface area contributed by atoms with Crippen LogP contribution >= 0.6 is 0 Å². The van der Waals surface area contributed by atoms with Gasteiger partial charge in [0.25, 0.3) is 0 Å². The third-order valence-electron chi connectivity index (χ3n) is 3.55. The van der Waals surface area contributed by atoms with Crippen LogP contribution in [0.5, 0.6) is 0 Å². The molecule has 2 rings (SSSR count). The second kappa shape index (κ2) is 6.62. The quantitative estimate of drug-likeness (QED) is 0.886. The molecular formula is C17H19F2N. The highest BCUT2D eigenvalue weighted by molar-refractivity contribution is 5.26. The van der Waals surface area contributed by atoms with E-state index < -0.39 is 11.6 Å². The van der Waals surface area contributed by atoms with E-state index in [-0.39, 0.29) is 5.92 Å². The van der Waals surface area contributed by atoms with E-state index in [2.05, 4.69) is 19.1 Å². The zero-order valence-corrected chi connectivity index (χ0v) is 11.6. The lowest BCUT2D eigenvalue weighted by molar-refractivity contribution is 0.523. The second-order valence-electron chi connectivity index (χ2n) is 5.21. The van der Waals surface area contributed by atoms with Crippen LogP contribution in [-0.4, -0.2) is 6.54 Å². The Morgan fingerprint density at radius 2 is 1.65 bits per heavy atom. The minimum absolute atomic E-state index is 0.178. The first-order chi connectivity index (χ1) is 9.58. The van der Waals surface area contributed by atoms with Crippen LogP contribution in [0.1, 0.15) is 16.7 Å². The van der Waals surface area contributed by atoms with Crippen LogP contribution in [0.3, 0.4) is 0 Å². The van der Waals surface area contributed by atoms with Crippen LogP contribution in [0.2, 0.25) is 0 Å². The minimum Gasteiger partial charge on any atom is -0.330 e. The van der Waals surface area contributed by atoms with Crippen molar-refractivity contribution in [2.45, 2.75) is 19.8 Å². The molecule has 0 amide bonds. The molecule has 1 unspecified atom stereocenters. The summed E-state index contributed by atoms with van der Waals surface area (Å²) in [7, 11) is 0. The summed E-state index contributed by atoms with van der Waals surface area (Å²) < 4.78 is 26.4. The summed E-state index contributed by atoms with van der Waals surface area (Å²) in [6, 6.07) is 11.8. The molecule has 1 nitrogen and oxygen atoms in total. The number of benzene rings is 2. The van der Waals surface area contributed by atoms with Gasteiger partial charge in [0.1, 0.15) is 11.6 Å². The van der Waals surface area contributed by atoms with Crippen LogP contribution < -0.4 is 5.73 Å². The molecule has 0 heterocycles. The van der Waals surface area contributed by atoms with Crippen LogP contribution in [0.25, 0.3) is 0 Å². The normalized spacial score (nSPS) is 12.4. The Labute approximate surface area is 118 Å². The SMILES string of the molecule is Cc1ccccc1CC(CN)Cc1cc(F)cc(F)c1. The number of halogens is 2. The maximum absolute atomic E-state index is 13.2. The van der Waals surface area contributed by atoms with Crippen molar-refractivity contribution in [2.75, 3.05) is 6.54 Å². The highest BCUT2D eigenvalue weighted by Crippen LogP contribution is 2.18. The van der Waals surface area contributed by atoms with Gasteiger partial charge in [0, 0.05) is 6.07 Å². The van der Waals surface area contributed by atoms with Crippen LogP contribution in [0.15, 0.2) is 42.5 Å². The van der Waals surface area contributed by atoms with E-state index in [1.165, 1.54) is 23.3 Å². The molecule has 0 saturated carbocycles. The molecule has 0 radical (unpaired) electrons. The largest absolute Gasteiger partial charge is 0.330 e. The lowest BCUT2D eigenvalue weighted by Crippen LogP contribution is -2.20. The summed E-state index contributed by atoms with van der Waals surface area (Å²) in [4.78, 5) is 0. The molecule has 2 aromatic carbocycles. The predicted molar refractivity (Wildman–Crippen MR) is 77.5 cm³/mol. The van der Waals surface area contributed by atoms with Gasteiger partial charge in [-0.3, -0.25) is 0 Å². The lowest BCUT2D eigenvalue weighted by atomic mass is 9.91. The van der Waals surface area contributed by atoms with Crippen molar-refractivity contribution >= 4 is 0 Å². The molecule has 0 saturated heterocycles. The van der Waals surface area contributed by atoms with Gasteiger partial charge < -0.3 is 5.73 Å². The molecular weight excluding hydrogens is 256 g/mol. The van der Waals surface area contributed by atoms with E-state index in [1.54, 1.807) is 0 Å². The average molecular weight is 275 g/mol. The number of rotatable bonds is 5. The first-order valence-corrected chi connectivity index (χ1v) is 6.78. The first-order valence-electron chi connectivity index (χ1n) is 6.78. The smallest absolute Gasteiger partial charge is 0.126 e. The Morgan fingerprint density at radius 1 is 1.00 bits per heavy atom. The Balaban J connectivity index is 2.11. The molecule has 0 spiro atoms. The number of hydrogen-bond donors (Lipinski definition) is 1. The van der Waals surface area contributed by atoms with Crippen molar-refractivity contribution in [2.24, 2.45) is 11.7 Å². The standard InChI is InChI=1S/C17H19F2N/c1-12-4-2-3-5-15(12)7-14(11-20)6-13-8-16(18)10-17(19)9-13/h2-5,8-10,14H,6-7,11,20H2,1H3. The van der Waals surface area contributed by atoms with E-state index in [1.807, 2.05) is 12.1 Å². The molecule has 20 heavy (non-hydrogen) atoms. The zero-order chi connectivity index (χ0) is 14.5. The van der Waals surface area contributed by atoms with E-state index in [4.69, 9.17) is 5.73 Å².